The Kier molecular flexibility index (Phi) is 4.75. The molecule has 1 saturated carbocycles. The van der Waals surface area contributed by atoms with E-state index in [0.29, 0.717) is 18.2 Å². The molecular weight excluding hydrogens is 427 g/mol. The van der Waals surface area contributed by atoms with Gasteiger partial charge in [-0.2, -0.15) is 0 Å². The lowest BCUT2D eigenvalue weighted by molar-refractivity contribution is 0.0295. The van der Waals surface area contributed by atoms with E-state index in [9.17, 15) is 23.9 Å². The molecule has 1 aromatic heterocycles. The van der Waals surface area contributed by atoms with Gasteiger partial charge in [0.1, 0.15) is 17.5 Å². The van der Waals surface area contributed by atoms with Gasteiger partial charge in [-0.1, -0.05) is 17.7 Å². The van der Waals surface area contributed by atoms with Gasteiger partial charge in [0, 0.05) is 29.8 Å². The average Bonchev–Trinajstić information content (AvgIpc) is 3.10. The fourth-order valence-corrected chi connectivity index (χ4v) is 5.08. The van der Waals surface area contributed by atoms with E-state index in [0.717, 1.165) is 25.3 Å². The molecule has 0 spiro atoms. The summed E-state index contributed by atoms with van der Waals surface area (Å²) in [4.78, 5) is 40.2. The summed E-state index contributed by atoms with van der Waals surface area (Å²) in [5.41, 5.74) is -0.799. The molecule has 3 heterocycles. The van der Waals surface area contributed by atoms with Gasteiger partial charge in [-0.05, 0) is 37.0 Å². The van der Waals surface area contributed by atoms with E-state index in [-0.39, 0.29) is 35.0 Å². The highest BCUT2D eigenvalue weighted by Crippen LogP contribution is 2.35. The van der Waals surface area contributed by atoms with Gasteiger partial charge < -0.3 is 19.9 Å². The molecule has 3 atom stereocenters. The average molecular weight is 447 g/mol. The molecule has 3 aliphatic rings. The van der Waals surface area contributed by atoms with Gasteiger partial charge in [0.15, 0.2) is 11.4 Å². The lowest BCUT2D eigenvalue weighted by atomic mass is 10.0. The Morgan fingerprint density at radius 3 is 2.90 bits per heavy atom. The number of fused-ring (bicyclic) bond motifs is 5. The maximum absolute atomic E-state index is 13.2. The van der Waals surface area contributed by atoms with Crippen molar-refractivity contribution in [2.24, 2.45) is 0 Å². The van der Waals surface area contributed by atoms with Crippen LogP contribution in [0.4, 0.5) is 4.39 Å². The van der Waals surface area contributed by atoms with Crippen molar-refractivity contribution in [2.45, 2.75) is 50.6 Å². The third-order valence-corrected chi connectivity index (χ3v) is 6.68. The molecule has 2 amide bonds. The molecule has 2 aliphatic heterocycles. The van der Waals surface area contributed by atoms with E-state index >= 15 is 0 Å². The summed E-state index contributed by atoms with van der Waals surface area (Å²) in [7, 11) is 0. The van der Waals surface area contributed by atoms with Gasteiger partial charge in [-0.25, -0.2) is 4.39 Å². The molecule has 2 bridgehead atoms. The van der Waals surface area contributed by atoms with Crippen LogP contribution in [0.15, 0.2) is 29.2 Å². The number of hydrogen-bond acceptors (Lipinski definition) is 5. The standard InChI is InChI=1S/C21H20ClFN4O4/c22-15-5-11(23)2-1-10(15)7-24-20(30)14-8-26-9-16-25-12-3-4-13(6-12)27(16)21(31)17(26)19(29)18(14)28/h1-2,5,8,12-13,16,25,29H,3-4,6-7,9H2,(H,24,30)/t12-,13+,16?/m1/s1. The minimum Gasteiger partial charge on any atom is -0.503 e. The van der Waals surface area contributed by atoms with Crippen LogP contribution in [0.25, 0.3) is 0 Å². The smallest absolute Gasteiger partial charge is 0.276 e. The van der Waals surface area contributed by atoms with E-state index in [2.05, 4.69) is 10.6 Å². The molecule has 1 aromatic carbocycles. The van der Waals surface area contributed by atoms with Crippen LogP contribution >= 0.6 is 11.6 Å². The maximum Gasteiger partial charge on any atom is 0.276 e. The molecule has 1 aliphatic carbocycles. The van der Waals surface area contributed by atoms with E-state index in [1.807, 2.05) is 0 Å². The van der Waals surface area contributed by atoms with Crippen LogP contribution in [0.2, 0.25) is 5.02 Å². The first-order valence-electron chi connectivity index (χ1n) is 10.1. The van der Waals surface area contributed by atoms with Crippen LogP contribution in [-0.4, -0.2) is 44.6 Å². The zero-order valence-electron chi connectivity index (χ0n) is 16.4. The fraction of sp³-hybridized carbons (Fsp3) is 0.381. The highest BCUT2D eigenvalue weighted by molar-refractivity contribution is 6.31. The summed E-state index contributed by atoms with van der Waals surface area (Å²) in [6.45, 7) is 0.298. The highest BCUT2D eigenvalue weighted by Gasteiger charge is 2.46. The molecule has 31 heavy (non-hydrogen) atoms. The zero-order chi connectivity index (χ0) is 21.9. The van der Waals surface area contributed by atoms with Gasteiger partial charge in [0.2, 0.25) is 5.43 Å². The molecule has 8 nitrogen and oxygen atoms in total. The minimum atomic E-state index is -0.907. The normalized spacial score (nSPS) is 24.0. The second-order valence-electron chi connectivity index (χ2n) is 8.20. The van der Waals surface area contributed by atoms with Crippen LogP contribution in [0.1, 0.15) is 45.7 Å². The third kappa shape index (κ3) is 3.28. The molecule has 5 rings (SSSR count). The van der Waals surface area contributed by atoms with Crippen LogP contribution in [0, 0.1) is 5.82 Å². The quantitative estimate of drug-likeness (QED) is 0.664. The van der Waals surface area contributed by atoms with E-state index in [1.165, 1.54) is 22.9 Å². The maximum atomic E-state index is 13.2. The number of pyridine rings is 1. The molecule has 0 radical (unpaired) electrons. The Balaban J connectivity index is 1.43. The molecule has 2 aromatic rings. The van der Waals surface area contributed by atoms with Crippen molar-refractivity contribution >= 4 is 23.4 Å². The first-order chi connectivity index (χ1) is 14.8. The Morgan fingerprint density at radius 2 is 2.13 bits per heavy atom. The van der Waals surface area contributed by atoms with E-state index < -0.39 is 28.8 Å². The van der Waals surface area contributed by atoms with E-state index in [1.54, 1.807) is 4.90 Å². The van der Waals surface area contributed by atoms with Crippen LogP contribution in [0.5, 0.6) is 5.75 Å². The van der Waals surface area contributed by atoms with Crippen LogP contribution in [-0.2, 0) is 13.1 Å². The molecule has 1 unspecified atom stereocenters. The van der Waals surface area contributed by atoms with Crippen molar-refractivity contribution in [3.8, 4) is 5.75 Å². The molecule has 10 heteroatoms. The topological polar surface area (TPSA) is 104 Å². The number of carbonyl (C=O) groups is 2. The minimum absolute atomic E-state index is 0.0276. The van der Waals surface area contributed by atoms with Gasteiger partial charge in [0.25, 0.3) is 11.8 Å². The number of nitrogens with zero attached hydrogens (tertiary/aromatic N) is 2. The second-order valence-corrected chi connectivity index (χ2v) is 8.61. The Labute approximate surface area is 181 Å². The number of rotatable bonds is 3. The molecule has 1 saturated heterocycles. The Morgan fingerprint density at radius 1 is 1.32 bits per heavy atom. The van der Waals surface area contributed by atoms with Gasteiger partial charge >= 0.3 is 0 Å². The monoisotopic (exact) mass is 446 g/mol. The summed E-state index contributed by atoms with van der Waals surface area (Å²) in [5.74, 6) is -2.35. The number of halogens is 2. The van der Waals surface area contributed by atoms with Crippen LogP contribution < -0.4 is 16.1 Å². The molecular formula is C21H20ClFN4O4. The number of nitrogens with one attached hydrogen (secondary N) is 2. The fourth-order valence-electron chi connectivity index (χ4n) is 4.84. The van der Waals surface area contributed by atoms with Crippen molar-refractivity contribution in [3.63, 3.8) is 0 Å². The summed E-state index contributed by atoms with van der Waals surface area (Å²) < 4.78 is 14.7. The predicted molar refractivity (Wildman–Crippen MR) is 109 cm³/mol. The van der Waals surface area contributed by atoms with Crippen molar-refractivity contribution in [1.29, 1.82) is 0 Å². The summed E-state index contributed by atoms with van der Waals surface area (Å²) in [6.07, 6.45) is 3.79. The molecule has 2 fully saturated rings. The Hall–Kier alpha value is -2.91. The largest absolute Gasteiger partial charge is 0.503 e. The predicted octanol–water partition coefficient (Wildman–Crippen LogP) is 1.58. The van der Waals surface area contributed by atoms with Crippen LogP contribution in [0.3, 0.4) is 0 Å². The molecule has 3 N–H and O–H groups in total. The van der Waals surface area contributed by atoms with Gasteiger partial charge in [-0.15, -0.1) is 0 Å². The molecule has 162 valence electrons. The second kappa shape index (κ2) is 7.35. The van der Waals surface area contributed by atoms with Gasteiger partial charge in [-0.3, -0.25) is 19.7 Å². The highest BCUT2D eigenvalue weighted by atomic mass is 35.5. The first kappa shape index (κ1) is 20.0. The number of carbonyl (C=O) groups excluding carboxylic acids is 2. The number of aromatic hydroxyl groups is 1. The van der Waals surface area contributed by atoms with Crippen molar-refractivity contribution in [1.82, 2.24) is 20.1 Å². The number of benzene rings is 1. The number of aromatic nitrogens is 1. The third-order valence-electron chi connectivity index (χ3n) is 6.32. The lowest BCUT2D eigenvalue weighted by Gasteiger charge is -2.45. The number of amides is 2. The summed E-state index contributed by atoms with van der Waals surface area (Å²) in [6, 6.07) is 4.22. The van der Waals surface area contributed by atoms with Crippen molar-refractivity contribution in [2.75, 3.05) is 0 Å². The Bertz CT molecular complexity index is 1170. The van der Waals surface area contributed by atoms with Gasteiger partial charge in [0.05, 0.1) is 6.54 Å². The lowest BCUT2D eigenvalue weighted by Crippen LogP contribution is -2.63. The summed E-state index contributed by atoms with van der Waals surface area (Å²) in [5, 5.41) is 16.7. The van der Waals surface area contributed by atoms with Crippen molar-refractivity contribution < 1.29 is 19.1 Å². The summed E-state index contributed by atoms with van der Waals surface area (Å²) >= 11 is 5.97. The van der Waals surface area contributed by atoms with Crippen molar-refractivity contribution in [3.05, 3.63) is 62.3 Å². The number of hydrogen-bond donors (Lipinski definition) is 3. The van der Waals surface area contributed by atoms with E-state index in [4.69, 9.17) is 11.6 Å². The zero-order valence-corrected chi connectivity index (χ0v) is 17.2. The first-order valence-corrected chi connectivity index (χ1v) is 10.5. The SMILES string of the molecule is O=C(NCc1ccc(F)cc1Cl)c1cn2c(c(O)c1=O)C(=O)N1C(C2)N[C@@H]2CC[C@H]1C2.